The highest BCUT2D eigenvalue weighted by Crippen LogP contribution is 2.39. The summed E-state index contributed by atoms with van der Waals surface area (Å²) in [6.45, 7) is 0. The zero-order valence-electron chi connectivity index (χ0n) is 14.6. The zero-order chi connectivity index (χ0) is 20.0. The maximum absolute atomic E-state index is 14.0. The number of nitrogens with zero attached hydrogens (tertiary/aromatic N) is 3. The van der Waals surface area contributed by atoms with E-state index in [1.165, 1.54) is 6.07 Å². The summed E-state index contributed by atoms with van der Waals surface area (Å²) in [5.41, 5.74) is 5.38. The number of hydrogen-bond donors (Lipinski definition) is 1. The van der Waals surface area contributed by atoms with Gasteiger partial charge in [-0.3, -0.25) is 9.36 Å². The molecule has 0 saturated heterocycles. The summed E-state index contributed by atoms with van der Waals surface area (Å²) >= 11 is 0. The lowest BCUT2D eigenvalue weighted by molar-refractivity contribution is 0.151. The second-order valence-electron chi connectivity index (χ2n) is 6.83. The lowest BCUT2D eigenvalue weighted by atomic mass is 10.1. The standard InChI is InChI=1S/C20H15F3N4O/c21-13-6-12(18(22)23)7-14(8-13)27-19(17(25)10-4-5-10)26-15-3-1-2-11(9-24)16(15)20(27)28/h1-3,6-8,10,17-18H,4-5,25H2. The van der Waals surface area contributed by atoms with E-state index in [9.17, 15) is 23.2 Å². The molecule has 1 aromatic heterocycles. The molecule has 1 unspecified atom stereocenters. The Kier molecular flexibility index (Phi) is 4.40. The van der Waals surface area contributed by atoms with Crippen molar-refractivity contribution in [3.05, 3.63) is 69.5 Å². The molecule has 5 nitrogen and oxygen atoms in total. The SMILES string of the molecule is N#Cc1cccc2nc(C(N)C3CC3)n(-c3cc(F)cc(C(F)F)c3)c(=O)c12. The van der Waals surface area contributed by atoms with Gasteiger partial charge in [-0.1, -0.05) is 6.07 Å². The van der Waals surface area contributed by atoms with Crippen LogP contribution >= 0.6 is 0 Å². The quantitative estimate of drug-likeness (QED) is 0.743. The Morgan fingerprint density at radius 2 is 2.00 bits per heavy atom. The Hall–Kier alpha value is -3.18. The van der Waals surface area contributed by atoms with Crippen molar-refractivity contribution in [2.75, 3.05) is 0 Å². The van der Waals surface area contributed by atoms with Crippen LogP contribution in [0.1, 0.15) is 42.3 Å². The summed E-state index contributed by atoms with van der Waals surface area (Å²) in [6.07, 6.45) is -1.19. The molecule has 1 saturated carbocycles. The van der Waals surface area contributed by atoms with E-state index in [1.54, 1.807) is 12.1 Å². The number of hydrogen-bond acceptors (Lipinski definition) is 4. The van der Waals surface area contributed by atoms with Crippen LogP contribution in [0.3, 0.4) is 0 Å². The molecule has 1 atom stereocenters. The highest BCUT2D eigenvalue weighted by molar-refractivity contribution is 5.84. The van der Waals surface area contributed by atoms with E-state index in [1.807, 2.05) is 6.07 Å². The smallest absolute Gasteiger partial charge is 0.267 e. The van der Waals surface area contributed by atoms with Gasteiger partial charge in [0.2, 0.25) is 0 Å². The minimum Gasteiger partial charge on any atom is -0.321 e. The molecular formula is C20H15F3N4O. The normalized spacial score (nSPS) is 15.0. The summed E-state index contributed by atoms with van der Waals surface area (Å²) in [6, 6.07) is 8.72. The van der Waals surface area contributed by atoms with Crippen LogP contribution in [-0.2, 0) is 0 Å². The Balaban J connectivity index is 2.09. The molecule has 2 N–H and O–H groups in total. The van der Waals surface area contributed by atoms with Gasteiger partial charge in [0.15, 0.2) is 0 Å². The Bertz CT molecular complexity index is 1180. The molecule has 8 heteroatoms. The second-order valence-corrected chi connectivity index (χ2v) is 6.83. The molecule has 1 aliphatic carbocycles. The number of halogens is 3. The molecule has 28 heavy (non-hydrogen) atoms. The van der Waals surface area contributed by atoms with Crippen LogP contribution < -0.4 is 11.3 Å². The van der Waals surface area contributed by atoms with E-state index < -0.39 is 29.4 Å². The summed E-state index contributed by atoms with van der Waals surface area (Å²) in [4.78, 5) is 17.7. The Morgan fingerprint density at radius 3 is 2.64 bits per heavy atom. The average Bonchev–Trinajstić information content (AvgIpc) is 3.51. The second kappa shape index (κ2) is 6.77. The van der Waals surface area contributed by atoms with Crippen molar-refractivity contribution in [3.63, 3.8) is 0 Å². The molecule has 0 aliphatic heterocycles. The van der Waals surface area contributed by atoms with Crippen LogP contribution in [0.5, 0.6) is 0 Å². The molecule has 1 fully saturated rings. The monoisotopic (exact) mass is 384 g/mol. The van der Waals surface area contributed by atoms with Gasteiger partial charge >= 0.3 is 0 Å². The van der Waals surface area contributed by atoms with Crippen LogP contribution in [-0.4, -0.2) is 9.55 Å². The first kappa shape index (κ1) is 18.2. The summed E-state index contributed by atoms with van der Waals surface area (Å²) in [7, 11) is 0. The van der Waals surface area contributed by atoms with Crippen LogP contribution in [0.2, 0.25) is 0 Å². The fourth-order valence-corrected chi connectivity index (χ4v) is 3.33. The van der Waals surface area contributed by atoms with E-state index in [0.717, 1.165) is 35.6 Å². The number of benzene rings is 2. The number of alkyl halides is 2. The minimum atomic E-state index is -2.91. The van der Waals surface area contributed by atoms with E-state index in [0.29, 0.717) is 0 Å². The average molecular weight is 384 g/mol. The summed E-state index contributed by atoms with van der Waals surface area (Å²) < 4.78 is 41.4. The van der Waals surface area contributed by atoms with Gasteiger partial charge in [0.25, 0.3) is 12.0 Å². The van der Waals surface area contributed by atoms with E-state index in [4.69, 9.17) is 5.73 Å². The predicted octanol–water partition coefficient (Wildman–Crippen LogP) is 3.74. The first-order valence-electron chi connectivity index (χ1n) is 8.71. The third-order valence-corrected chi connectivity index (χ3v) is 4.89. The van der Waals surface area contributed by atoms with Crippen molar-refractivity contribution in [3.8, 4) is 11.8 Å². The van der Waals surface area contributed by atoms with Crippen molar-refractivity contribution in [1.82, 2.24) is 9.55 Å². The molecule has 0 radical (unpaired) electrons. The lowest BCUT2D eigenvalue weighted by Gasteiger charge is -2.19. The van der Waals surface area contributed by atoms with Gasteiger partial charge in [-0.15, -0.1) is 0 Å². The van der Waals surface area contributed by atoms with Gasteiger partial charge in [-0.25, -0.2) is 18.2 Å². The maximum Gasteiger partial charge on any atom is 0.267 e. The number of fused-ring (bicyclic) bond motifs is 1. The molecule has 1 aliphatic rings. The zero-order valence-corrected chi connectivity index (χ0v) is 14.6. The number of nitrogens with two attached hydrogens (primary N) is 1. The van der Waals surface area contributed by atoms with Crippen molar-refractivity contribution in [2.45, 2.75) is 25.3 Å². The molecule has 3 aromatic rings. The van der Waals surface area contributed by atoms with Crippen LogP contribution in [0.25, 0.3) is 16.6 Å². The third kappa shape index (κ3) is 3.04. The molecule has 4 rings (SSSR count). The molecule has 142 valence electrons. The number of rotatable bonds is 4. The molecule has 0 bridgehead atoms. The van der Waals surface area contributed by atoms with Crippen LogP contribution in [0.15, 0.2) is 41.2 Å². The minimum absolute atomic E-state index is 0.0413. The van der Waals surface area contributed by atoms with Gasteiger partial charge in [0.1, 0.15) is 17.7 Å². The summed E-state index contributed by atoms with van der Waals surface area (Å²) in [5, 5.41) is 9.39. The fourth-order valence-electron chi connectivity index (χ4n) is 3.33. The fraction of sp³-hybridized carbons (Fsp3) is 0.250. The maximum atomic E-state index is 14.0. The van der Waals surface area contributed by atoms with Crippen LogP contribution in [0, 0.1) is 23.1 Å². The largest absolute Gasteiger partial charge is 0.321 e. The van der Waals surface area contributed by atoms with Crippen molar-refractivity contribution in [1.29, 1.82) is 5.26 Å². The lowest BCUT2D eigenvalue weighted by Crippen LogP contribution is -2.30. The molecule has 0 amide bonds. The van der Waals surface area contributed by atoms with Gasteiger partial charge in [-0.05, 0) is 49.1 Å². The molecule has 1 heterocycles. The van der Waals surface area contributed by atoms with Gasteiger partial charge in [0.05, 0.1) is 28.2 Å². The van der Waals surface area contributed by atoms with Crippen molar-refractivity contribution >= 4 is 10.9 Å². The van der Waals surface area contributed by atoms with E-state index >= 15 is 0 Å². The number of nitriles is 1. The Labute approximate surface area is 157 Å². The Morgan fingerprint density at radius 1 is 1.25 bits per heavy atom. The summed E-state index contributed by atoms with van der Waals surface area (Å²) in [5.74, 6) is -0.627. The van der Waals surface area contributed by atoms with Crippen molar-refractivity contribution in [2.24, 2.45) is 11.7 Å². The van der Waals surface area contributed by atoms with Crippen LogP contribution in [0.4, 0.5) is 13.2 Å². The topological polar surface area (TPSA) is 84.7 Å². The molecule has 2 aromatic carbocycles. The van der Waals surface area contributed by atoms with Gasteiger partial charge in [0, 0.05) is 5.56 Å². The first-order chi connectivity index (χ1) is 13.4. The first-order valence-corrected chi connectivity index (χ1v) is 8.71. The molecule has 0 spiro atoms. The highest BCUT2D eigenvalue weighted by Gasteiger charge is 2.33. The van der Waals surface area contributed by atoms with Gasteiger partial charge in [-0.2, -0.15) is 5.26 Å². The highest BCUT2D eigenvalue weighted by atomic mass is 19.3. The van der Waals surface area contributed by atoms with E-state index in [2.05, 4.69) is 4.98 Å². The van der Waals surface area contributed by atoms with Gasteiger partial charge < -0.3 is 5.73 Å². The van der Waals surface area contributed by atoms with E-state index in [-0.39, 0.29) is 33.9 Å². The van der Waals surface area contributed by atoms with Crippen molar-refractivity contribution < 1.29 is 13.2 Å². The predicted molar refractivity (Wildman–Crippen MR) is 96.6 cm³/mol. The molecular weight excluding hydrogens is 369 g/mol. The third-order valence-electron chi connectivity index (χ3n) is 4.89. The number of aromatic nitrogens is 2.